The number of carbonyl (C=O) groups is 2. The Morgan fingerprint density at radius 2 is 1.80 bits per heavy atom. The number of carbonyl (C=O) groups excluding carboxylic acids is 2. The van der Waals surface area contributed by atoms with E-state index in [1.165, 1.54) is 0 Å². The van der Waals surface area contributed by atoms with Crippen molar-refractivity contribution in [3.05, 3.63) is 35.4 Å². The molecule has 2 unspecified atom stereocenters. The Balaban J connectivity index is 2.68. The highest BCUT2D eigenvalue weighted by atomic mass is 32.2. The maximum Gasteiger partial charge on any atom is 0.251 e. The van der Waals surface area contributed by atoms with Gasteiger partial charge in [-0.3, -0.25) is 9.59 Å². The van der Waals surface area contributed by atoms with E-state index in [-0.39, 0.29) is 17.9 Å². The van der Waals surface area contributed by atoms with Gasteiger partial charge in [-0.15, -0.1) is 0 Å². The van der Waals surface area contributed by atoms with Gasteiger partial charge in [0, 0.05) is 11.6 Å². The van der Waals surface area contributed by atoms with E-state index < -0.39 is 6.04 Å². The van der Waals surface area contributed by atoms with Crippen molar-refractivity contribution in [2.45, 2.75) is 59.0 Å². The number of hydrogen-bond donors (Lipinski definition) is 2. The number of thioether (sulfide) groups is 1. The molecule has 5 heteroatoms. The van der Waals surface area contributed by atoms with Crippen molar-refractivity contribution in [2.24, 2.45) is 5.92 Å². The van der Waals surface area contributed by atoms with Crippen molar-refractivity contribution in [3.63, 3.8) is 0 Å². The van der Waals surface area contributed by atoms with Gasteiger partial charge in [-0.25, -0.2) is 0 Å². The fourth-order valence-corrected chi connectivity index (χ4v) is 3.00. The van der Waals surface area contributed by atoms with E-state index in [0.717, 1.165) is 24.2 Å². The van der Waals surface area contributed by atoms with Crippen LogP contribution >= 0.6 is 11.8 Å². The van der Waals surface area contributed by atoms with Crippen molar-refractivity contribution in [2.75, 3.05) is 12.0 Å². The third-order valence-corrected chi connectivity index (χ3v) is 4.72. The summed E-state index contributed by atoms with van der Waals surface area (Å²) >= 11 is 1.67. The van der Waals surface area contributed by atoms with Gasteiger partial charge in [0.05, 0.1) is 0 Å². The standard InChI is InChI=1S/C20H32N2O2S/c1-14(2)9-10-16(4)21-20(24)18(11-12-25-5)22-19(23)17-8-6-7-15(3)13-17/h6-8,13-14,16,18H,9-12H2,1-5H3,(H,21,24)(H,22,23). The lowest BCUT2D eigenvalue weighted by Crippen LogP contribution is -2.49. The van der Waals surface area contributed by atoms with E-state index in [2.05, 4.69) is 24.5 Å². The molecule has 0 saturated carbocycles. The maximum atomic E-state index is 12.6. The van der Waals surface area contributed by atoms with E-state index in [1.54, 1.807) is 17.8 Å². The lowest BCUT2D eigenvalue weighted by Gasteiger charge is -2.22. The summed E-state index contributed by atoms with van der Waals surface area (Å²) in [4.78, 5) is 25.1. The van der Waals surface area contributed by atoms with Crippen LogP contribution in [0.1, 0.15) is 56.0 Å². The molecule has 2 atom stereocenters. The summed E-state index contributed by atoms with van der Waals surface area (Å²) in [6.45, 7) is 8.33. The summed E-state index contributed by atoms with van der Waals surface area (Å²) in [6, 6.07) is 7.03. The van der Waals surface area contributed by atoms with Crippen molar-refractivity contribution < 1.29 is 9.59 Å². The van der Waals surface area contributed by atoms with Crippen LogP contribution in [0.3, 0.4) is 0 Å². The molecule has 0 radical (unpaired) electrons. The summed E-state index contributed by atoms with van der Waals surface area (Å²) in [6.07, 6.45) is 4.65. The average molecular weight is 365 g/mol. The molecule has 0 heterocycles. The molecule has 0 saturated heterocycles. The van der Waals surface area contributed by atoms with Gasteiger partial charge in [0.15, 0.2) is 0 Å². The van der Waals surface area contributed by atoms with E-state index in [1.807, 2.05) is 38.3 Å². The first-order valence-electron chi connectivity index (χ1n) is 9.00. The third-order valence-electron chi connectivity index (χ3n) is 4.08. The van der Waals surface area contributed by atoms with Gasteiger partial charge in [-0.1, -0.05) is 31.5 Å². The number of nitrogens with one attached hydrogen (secondary N) is 2. The van der Waals surface area contributed by atoms with Gasteiger partial charge < -0.3 is 10.6 Å². The Morgan fingerprint density at radius 1 is 1.08 bits per heavy atom. The van der Waals surface area contributed by atoms with Crippen LogP contribution in [0, 0.1) is 12.8 Å². The molecule has 25 heavy (non-hydrogen) atoms. The minimum Gasteiger partial charge on any atom is -0.352 e. The minimum atomic E-state index is -0.498. The third kappa shape index (κ3) is 8.43. The molecule has 1 aromatic carbocycles. The quantitative estimate of drug-likeness (QED) is 0.664. The minimum absolute atomic E-state index is 0.0914. The normalized spacial score (nSPS) is 13.4. The van der Waals surface area contributed by atoms with Crippen LogP contribution in [-0.2, 0) is 4.79 Å². The highest BCUT2D eigenvalue weighted by Crippen LogP contribution is 2.09. The van der Waals surface area contributed by atoms with Crippen LogP contribution in [0.25, 0.3) is 0 Å². The lowest BCUT2D eigenvalue weighted by atomic mass is 10.0. The lowest BCUT2D eigenvalue weighted by molar-refractivity contribution is -0.123. The summed E-state index contributed by atoms with van der Waals surface area (Å²) in [5.41, 5.74) is 1.62. The molecule has 2 N–H and O–H groups in total. The number of amides is 2. The first kappa shape index (κ1) is 21.6. The molecular weight excluding hydrogens is 332 g/mol. The molecular formula is C20H32N2O2S. The molecule has 2 amide bonds. The van der Waals surface area contributed by atoms with Crippen molar-refractivity contribution in [3.8, 4) is 0 Å². The molecule has 0 aliphatic heterocycles. The SMILES string of the molecule is CSCCC(NC(=O)c1cccc(C)c1)C(=O)NC(C)CCC(C)C. The molecule has 0 aromatic heterocycles. The fraction of sp³-hybridized carbons (Fsp3) is 0.600. The number of rotatable bonds is 10. The van der Waals surface area contributed by atoms with Gasteiger partial charge >= 0.3 is 0 Å². The molecule has 0 fully saturated rings. The first-order valence-corrected chi connectivity index (χ1v) is 10.4. The van der Waals surface area contributed by atoms with Crippen molar-refractivity contribution >= 4 is 23.6 Å². The summed E-state index contributed by atoms with van der Waals surface area (Å²) in [5.74, 6) is 1.16. The second-order valence-corrected chi connectivity index (χ2v) is 8.04. The molecule has 140 valence electrons. The van der Waals surface area contributed by atoms with Gasteiger partial charge in [-0.2, -0.15) is 11.8 Å². The van der Waals surface area contributed by atoms with Gasteiger partial charge in [0.1, 0.15) is 6.04 Å². The number of benzene rings is 1. The van der Waals surface area contributed by atoms with E-state index >= 15 is 0 Å². The molecule has 1 rings (SSSR count). The number of aryl methyl sites for hydroxylation is 1. The second kappa shape index (κ2) is 11.2. The van der Waals surface area contributed by atoms with Gasteiger partial charge in [0.25, 0.3) is 5.91 Å². The summed E-state index contributed by atoms with van der Waals surface area (Å²) < 4.78 is 0. The molecule has 0 aliphatic rings. The molecule has 0 spiro atoms. The zero-order chi connectivity index (χ0) is 18.8. The molecule has 0 aliphatic carbocycles. The zero-order valence-electron chi connectivity index (χ0n) is 16.1. The fourth-order valence-electron chi connectivity index (χ4n) is 2.53. The predicted molar refractivity (Wildman–Crippen MR) is 107 cm³/mol. The Morgan fingerprint density at radius 3 is 2.40 bits per heavy atom. The largest absolute Gasteiger partial charge is 0.352 e. The Bertz CT molecular complexity index is 560. The average Bonchev–Trinajstić information content (AvgIpc) is 2.56. The maximum absolute atomic E-state index is 12.6. The predicted octanol–water partition coefficient (Wildman–Crippen LogP) is 3.79. The molecule has 1 aromatic rings. The van der Waals surface area contributed by atoms with Crippen LogP contribution in [-0.4, -0.2) is 35.9 Å². The molecule has 4 nitrogen and oxygen atoms in total. The van der Waals surface area contributed by atoms with Crippen molar-refractivity contribution in [1.82, 2.24) is 10.6 Å². The first-order chi connectivity index (χ1) is 11.8. The monoisotopic (exact) mass is 364 g/mol. The van der Waals surface area contributed by atoms with E-state index in [4.69, 9.17) is 0 Å². The van der Waals surface area contributed by atoms with Crippen LogP contribution in [0.5, 0.6) is 0 Å². The summed E-state index contributed by atoms with van der Waals surface area (Å²) in [7, 11) is 0. The molecule has 0 bridgehead atoms. The topological polar surface area (TPSA) is 58.2 Å². The Hall–Kier alpha value is -1.49. The zero-order valence-corrected chi connectivity index (χ0v) is 16.9. The smallest absolute Gasteiger partial charge is 0.251 e. The van der Waals surface area contributed by atoms with Crippen LogP contribution < -0.4 is 10.6 Å². The van der Waals surface area contributed by atoms with Crippen LogP contribution in [0.4, 0.5) is 0 Å². The Labute approximate surface area is 156 Å². The highest BCUT2D eigenvalue weighted by Gasteiger charge is 2.22. The van der Waals surface area contributed by atoms with Crippen LogP contribution in [0.2, 0.25) is 0 Å². The van der Waals surface area contributed by atoms with Gasteiger partial charge in [-0.05, 0) is 63.2 Å². The highest BCUT2D eigenvalue weighted by molar-refractivity contribution is 7.98. The Kier molecular flexibility index (Phi) is 9.65. The van der Waals surface area contributed by atoms with E-state index in [0.29, 0.717) is 17.9 Å². The van der Waals surface area contributed by atoms with Crippen LogP contribution in [0.15, 0.2) is 24.3 Å². The van der Waals surface area contributed by atoms with E-state index in [9.17, 15) is 9.59 Å². The van der Waals surface area contributed by atoms with Crippen molar-refractivity contribution in [1.29, 1.82) is 0 Å². The number of hydrogen-bond acceptors (Lipinski definition) is 3. The summed E-state index contributed by atoms with van der Waals surface area (Å²) in [5, 5.41) is 5.95. The second-order valence-electron chi connectivity index (χ2n) is 7.06. The van der Waals surface area contributed by atoms with Gasteiger partial charge in [0.2, 0.25) is 5.91 Å².